The number of ether oxygens (including phenoxy) is 1. The van der Waals surface area contributed by atoms with Crippen molar-refractivity contribution < 1.29 is 19.4 Å². The SMILES string of the molecule is CCOc1ccc(N2C(=O)C(=O)/C(=C(/O)c3ccccc3)[C@H]2c2ccc(Br)cc2)cc1. The van der Waals surface area contributed by atoms with Gasteiger partial charge >= 0.3 is 0 Å². The maximum Gasteiger partial charge on any atom is 0.300 e. The van der Waals surface area contributed by atoms with Crippen LogP contribution in [0.1, 0.15) is 24.1 Å². The molecule has 1 saturated heterocycles. The van der Waals surface area contributed by atoms with Gasteiger partial charge in [0, 0.05) is 15.7 Å². The van der Waals surface area contributed by atoms with Gasteiger partial charge in [0.1, 0.15) is 11.5 Å². The van der Waals surface area contributed by atoms with Gasteiger partial charge in [-0.25, -0.2) is 0 Å². The van der Waals surface area contributed by atoms with E-state index in [-0.39, 0.29) is 11.3 Å². The third-order valence-corrected chi connectivity index (χ3v) is 5.63. The molecule has 31 heavy (non-hydrogen) atoms. The Morgan fingerprint density at radius 1 is 0.968 bits per heavy atom. The lowest BCUT2D eigenvalue weighted by Crippen LogP contribution is -2.29. The lowest BCUT2D eigenvalue weighted by Gasteiger charge is -2.25. The van der Waals surface area contributed by atoms with Crippen LogP contribution in [0.25, 0.3) is 5.76 Å². The molecule has 1 aliphatic rings. The van der Waals surface area contributed by atoms with Crippen molar-refractivity contribution in [2.45, 2.75) is 13.0 Å². The molecule has 6 heteroatoms. The number of hydrogen-bond donors (Lipinski definition) is 1. The molecule has 0 aromatic heterocycles. The van der Waals surface area contributed by atoms with Crippen molar-refractivity contribution in [1.29, 1.82) is 0 Å². The lowest BCUT2D eigenvalue weighted by molar-refractivity contribution is -0.132. The minimum Gasteiger partial charge on any atom is -0.507 e. The fraction of sp³-hybridized carbons (Fsp3) is 0.120. The minimum absolute atomic E-state index is 0.0624. The Morgan fingerprint density at radius 3 is 2.23 bits per heavy atom. The molecule has 0 spiro atoms. The number of rotatable bonds is 5. The monoisotopic (exact) mass is 477 g/mol. The van der Waals surface area contributed by atoms with Gasteiger partial charge in [-0.2, -0.15) is 0 Å². The van der Waals surface area contributed by atoms with Crippen molar-refractivity contribution >= 4 is 39.1 Å². The molecule has 4 rings (SSSR count). The van der Waals surface area contributed by atoms with Gasteiger partial charge in [0.15, 0.2) is 0 Å². The van der Waals surface area contributed by atoms with Crippen LogP contribution in [0.15, 0.2) is 88.9 Å². The molecular weight excluding hydrogens is 458 g/mol. The smallest absolute Gasteiger partial charge is 0.300 e. The molecule has 0 aliphatic carbocycles. The molecular formula is C25H20BrNO4. The summed E-state index contributed by atoms with van der Waals surface area (Å²) in [5.74, 6) is -0.926. The second kappa shape index (κ2) is 8.78. The molecule has 0 bridgehead atoms. The number of anilines is 1. The second-order valence-corrected chi connectivity index (χ2v) is 7.93. The van der Waals surface area contributed by atoms with Crippen molar-refractivity contribution in [1.82, 2.24) is 0 Å². The number of halogens is 1. The van der Waals surface area contributed by atoms with Crippen molar-refractivity contribution in [2.24, 2.45) is 0 Å². The van der Waals surface area contributed by atoms with Crippen molar-refractivity contribution in [3.05, 3.63) is 100 Å². The molecule has 3 aromatic rings. The fourth-order valence-corrected chi connectivity index (χ4v) is 3.94. The maximum absolute atomic E-state index is 13.1. The van der Waals surface area contributed by atoms with E-state index in [1.165, 1.54) is 4.90 Å². The summed E-state index contributed by atoms with van der Waals surface area (Å²) in [4.78, 5) is 27.6. The van der Waals surface area contributed by atoms with Crippen LogP contribution in [0.4, 0.5) is 5.69 Å². The Kier molecular flexibility index (Phi) is 5.91. The number of Topliss-reactive ketones (excluding diaryl/α,β-unsaturated/α-hetero) is 1. The molecule has 1 atom stereocenters. The van der Waals surface area contributed by atoms with Crippen LogP contribution in [0, 0.1) is 0 Å². The number of aliphatic hydroxyl groups is 1. The Hall–Kier alpha value is -3.38. The summed E-state index contributed by atoms with van der Waals surface area (Å²) in [7, 11) is 0. The first kappa shape index (κ1) is 20.9. The van der Waals surface area contributed by atoms with E-state index in [4.69, 9.17) is 4.74 Å². The van der Waals surface area contributed by atoms with Crippen molar-refractivity contribution in [3.63, 3.8) is 0 Å². The second-order valence-electron chi connectivity index (χ2n) is 7.01. The van der Waals surface area contributed by atoms with E-state index in [0.717, 1.165) is 4.47 Å². The molecule has 3 aromatic carbocycles. The highest BCUT2D eigenvalue weighted by Gasteiger charge is 2.46. The average molecular weight is 478 g/mol. The number of amides is 1. The van der Waals surface area contributed by atoms with Crippen molar-refractivity contribution in [3.8, 4) is 5.75 Å². The van der Waals surface area contributed by atoms with Crippen LogP contribution >= 0.6 is 15.9 Å². The van der Waals surface area contributed by atoms with Gasteiger partial charge in [-0.15, -0.1) is 0 Å². The molecule has 0 unspecified atom stereocenters. The molecule has 156 valence electrons. The van der Waals surface area contributed by atoms with E-state index >= 15 is 0 Å². The predicted octanol–water partition coefficient (Wildman–Crippen LogP) is 5.47. The van der Waals surface area contributed by atoms with Gasteiger partial charge in [0.25, 0.3) is 11.7 Å². The molecule has 1 amide bonds. The van der Waals surface area contributed by atoms with E-state index in [9.17, 15) is 14.7 Å². The molecule has 1 aliphatic heterocycles. The standard InChI is InChI=1S/C25H20BrNO4/c1-2-31-20-14-12-19(13-15-20)27-22(16-8-10-18(26)11-9-16)21(24(29)25(27)30)23(28)17-6-4-3-5-7-17/h3-15,22,28H,2H2,1H3/b23-21+/t22-/m1/s1. The van der Waals surface area contributed by atoms with Crippen LogP contribution in [0.2, 0.25) is 0 Å². The van der Waals surface area contributed by atoms with E-state index in [1.54, 1.807) is 48.5 Å². The molecule has 0 saturated carbocycles. The Labute approximate surface area is 188 Å². The Morgan fingerprint density at radius 2 is 1.61 bits per heavy atom. The topological polar surface area (TPSA) is 66.8 Å². The number of benzene rings is 3. The number of carbonyl (C=O) groups excluding carboxylic acids is 2. The van der Waals surface area contributed by atoms with E-state index in [2.05, 4.69) is 15.9 Å². The first-order chi connectivity index (χ1) is 15.0. The summed E-state index contributed by atoms with van der Waals surface area (Å²) in [6.45, 7) is 2.42. The molecule has 1 fully saturated rings. The zero-order chi connectivity index (χ0) is 22.0. The Bertz CT molecular complexity index is 1140. The highest BCUT2D eigenvalue weighted by atomic mass is 79.9. The van der Waals surface area contributed by atoms with E-state index < -0.39 is 17.7 Å². The Balaban J connectivity index is 1.88. The number of carbonyl (C=O) groups is 2. The molecule has 5 nitrogen and oxygen atoms in total. The average Bonchev–Trinajstić information content (AvgIpc) is 3.06. The summed E-state index contributed by atoms with van der Waals surface area (Å²) in [6.07, 6.45) is 0. The predicted molar refractivity (Wildman–Crippen MR) is 123 cm³/mol. The first-order valence-electron chi connectivity index (χ1n) is 9.86. The molecule has 1 N–H and O–H groups in total. The van der Waals surface area contributed by atoms with E-state index in [1.807, 2.05) is 37.3 Å². The van der Waals surface area contributed by atoms with Crippen LogP contribution in [0.5, 0.6) is 5.75 Å². The first-order valence-corrected chi connectivity index (χ1v) is 10.6. The minimum atomic E-state index is -0.758. The largest absolute Gasteiger partial charge is 0.507 e. The summed E-state index contributed by atoms with van der Waals surface area (Å²) in [5.41, 5.74) is 1.81. The molecule has 1 heterocycles. The van der Waals surface area contributed by atoms with E-state index in [0.29, 0.717) is 29.2 Å². The third kappa shape index (κ3) is 3.99. The van der Waals surface area contributed by atoms with Crippen LogP contribution in [-0.2, 0) is 9.59 Å². The van der Waals surface area contributed by atoms with Gasteiger partial charge in [-0.1, -0.05) is 58.4 Å². The van der Waals surface area contributed by atoms with Gasteiger partial charge in [0.2, 0.25) is 0 Å². The molecule has 0 radical (unpaired) electrons. The highest BCUT2D eigenvalue weighted by molar-refractivity contribution is 9.10. The van der Waals surface area contributed by atoms with Crippen LogP contribution in [-0.4, -0.2) is 23.4 Å². The summed E-state index contributed by atoms with van der Waals surface area (Å²) < 4.78 is 6.36. The van der Waals surface area contributed by atoms with Gasteiger partial charge in [-0.3, -0.25) is 14.5 Å². The number of aliphatic hydroxyl groups excluding tert-OH is 1. The number of ketones is 1. The van der Waals surface area contributed by atoms with Crippen LogP contribution in [0.3, 0.4) is 0 Å². The normalized spacial score (nSPS) is 17.7. The summed E-state index contributed by atoms with van der Waals surface area (Å²) in [6, 6.07) is 22.4. The summed E-state index contributed by atoms with van der Waals surface area (Å²) >= 11 is 3.42. The fourth-order valence-electron chi connectivity index (χ4n) is 3.68. The van der Waals surface area contributed by atoms with Gasteiger partial charge in [-0.05, 0) is 48.9 Å². The number of hydrogen-bond acceptors (Lipinski definition) is 4. The number of nitrogens with zero attached hydrogens (tertiary/aromatic N) is 1. The van der Waals surface area contributed by atoms with Crippen LogP contribution < -0.4 is 9.64 Å². The summed E-state index contributed by atoms with van der Waals surface area (Å²) in [5, 5.41) is 11.0. The zero-order valence-corrected chi connectivity index (χ0v) is 18.4. The quantitative estimate of drug-likeness (QED) is 0.300. The van der Waals surface area contributed by atoms with Gasteiger partial charge in [0.05, 0.1) is 18.2 Å². The third-order valence-electron chi connectivity index (χ3n) is 5.10. The van der Waals surface area contributed by atoms with Gasteiger partial charge < -0.3 is 9.84 Å². The highest BCUT2D eigenvalue weighted by Crippen LogP contribution is 2.42. The maximum atomic E-state index is 13.1. The van der Waals surface area contributed by atoms with Crippen molar-refractivity contribution in [2.75, 3.05) is 11.5 Å². The zero-order valence-electron chi connectivity index (χ0n) is 16.8. The lowest BCUT2D eigenvalue weighted by atomic mass is 9.95.